The minimum atomic E-state index is -0.236. The van der Waals surface area contributed by atoms with E-state index in [-0.39, 0.29) is 17.5 Å². The van der Waals surface area contributed by atoms with Gasteiger partial charge in [-0.1, -0.05) is 59.8 Å². The van der Waals surface area contributed by atoms with Gasteiger partial charge in [-0.3, -0.25) is 14.4 Å². The molecule has 1 amide bonds. The van der Waals surface area contributed by atoms with Gasteiger partial charge in [0.25, 0.3) is 0 Å². The van der Waals surface area contributed by atoms with Crippen LogP contribution in [-0.4, -0.2) is 39.6 Å². The molecular formula is C27H21ClN4O3S. The van der Waals surface area contributed by atoms with Crippen molar-refractivity contribution in [2.24, 2.45) is 4.99 Å². The second kappa shape index (κ2) is 10.3. The molecule has 0 unspecified atom stereocenters. The minimum absolute atomic E-state index is 0.0173. The molecule has 1 aromatic heterocycles. The number of amides is 1. The van der Waals surface area contributed by atoms with Crippen LogP contribution in [0.1, 0.15) is 11.3 Å². The van der Waals surface area contributed by atoms with E-state index >= 15 is 0 Å². The molecule has 3 aromatic carbocycles. The highest BCUT2D eigenvalue weighted by Gasteiger charge is 2.20. The van der Waals surface area contributed by atoms with Gasteiger partial charge in [0, 0.05) is 23.0 Å². The molecule has 9 heteroatoms. The normalized spacial score (nSPS) is 13.1. The van der Waals surface area contributed by atoms with Crippen LogP contribution in [0, 0.1) is 0 Å². The molecule has 1 aliphatic rings. The summed E-state index contributed by atoms with van der Waals surface area (Å²) < 4.78 is 6.78. The number of allylic oxidation sites excluding steroid dienone is 1. The average Bonchev–Trinajstić information content (AvgIpc) is 3.44. The van der Waals surface area contributed by atoms with Gasteiger partial charge >= 0.3 is 0 Å². The number of thioether (sulfide) groups is 1. The number of nitrogens with one attached hydrogen (secondary N) is 1. The summed E-state index contributed by atoms with van der Waals surface area (Å²) in [6.07, 6.45) is 3.56. The fraction of sp³-hybridized carbons (Fsp3) is 0.0741. The summed E-state index contributed by atoms with van der Waals surface area (Å²) in [6.45, 7) is 0. The second-order valence-corrected chi connectivity index (χ2v) is 9.19. The predicted molar refractivity (Wildman–Crippen MR) is 145 cm³/mol. The predicted octanol–water partition coefficient (Wildman–Crippen LogP) is 6.23. The van der Waals surface area contributed by atoms with Crippen LogP contribution in [0.3, 0.4) is 0 Å². The fourth-order valence-corrected chi connectivity index (χ4v) is 4.86. The SMILES string of the molecule is COc1ccc(NC(=O)CSc2nc(/C=C3\C=Nc4ccccc43)c(O)n2-c2ccccc2)cc1Cl. The molecular weight excluding hydrogens is 496 g/mol. The quantitative estimate of drug-likeness (QED) is 0.284. The number of carbonyl (C=O) groups excluding carboxylic acids is 1. The van der Waals surface area contributed by atoms with Crippen LogP contribution in [0.2, 0.25) is 5.02 Å². The van der Waals surface area contributed by atoms with Crippen LogP contribution in [0.5, 0.6) is 11.6 Å². The molecule has 36 heavy (non-hydrogen) atoms. The summed E-state index contributed by atoms with van der Waals surface area (Å²) in [7, 11) is 1.53. The lowest BCUT2D eigenvalue weighted by molar-refractivity contribution is -0.113. The Kier molecular flexibility index (Phi) is 6.79. The van der Waals surface area contributed by atoms with Crippen LogP contribution in [-0.2, 0) is 4.79 Å². The Labute approximate surface area is 217 Å². The summed E-state index contributed by atoms with van der Waals surface area (Å²) in [6, 6.07) is 22.2. The molecule has 180 valence electrons. The first-order chi connectivity index (χ1) is 17.5. The summed E-state index contributed by atoms with van der Waals surface area (Å²) in [5, 5.41) is 14.8. The van der Waals surface area contributed by atoms with Crippen molar-refractivity contribution in [3.63, 3.8) is 0 Å². The third-order valence-electron chi connectivity index (χ3n) is 5.48. The number of para-hydroxylation sites is 2. The largest absolute Gasteiger partial charge is 0.495 e. The number of nitrogens with zero attached hydrogens (tertiary/aromatic N) is 3. The number of hydrogen-bond acceptors (Lipinski definition) is 6. The Bertz CT molecular complexity index is 1500. The van der Waals surface area contributed by atoms with E-state index in [1.54, 1.807) is 35.1 Å². The topological polar surface area (TPSA) is 88.7 Å². The zero-order chi connectivity index (χ0) is 25.1. The Balaban J connectivity index is 1.41. The second-order valence-electron chi connectivity index (χ2n) is 7.84. The molecule has 0 atom stereocenters. The Hall–Kier alpha value is -4.01. The lowest BCUT2D eigenvalue weighted by Crippen LogP contribution is -2.14. The van der Waals surface area contributed by atoms with Crippen molar-refractivity contribution in [1.29, 1.82) is 0 Å². The molecule has 0 radical (unpaired) electrons. The van der Waals surface area contributed by atoms with Crippen molar-refractivity contribution < 1.29 is 14.6 Å². The summed E-state index contributed by atoms with van der Waals surface area (Å²) in [4.78, 5) is 21.8. The molecule has 0 spiro atoms. The highest BCUT2D eigenvalue weighted by atomic mass is 35.5. The molecule has 1 aliphatic heterocycles. The van der Waals surface area contributed by atoms with Gasteiger partial charge < -0.3 is 15.2 Å². The van der Waals surface area contributed by atoms with Crippen molar-refractivity contribution in [3.8, 4) is 17.3 Å². The fourth-order valence-electron chi connectivity index (χ4n) is 3.78. The summed E-state index contributed by atoms with van der Waals surface area (Å²) in [5.41, 5.74) is 4.38. The number of anilines is 1. The number of carbonyl (C=O) groups is 1. The number of hydrogen-bond donors (Lipinski definition) is 2. The van der Waals surface area contributed by atoms with Gasteiger partial charge in [0.05, 0.1) is 29.3 Å². The van der Waals surface area contributed by atoms with E-state index in [4.69, 9.17) is 16.3 Å². The Morgan fingerprint density at radius 2 is 1.92 bits per heavy atom. The summed E-state index contributed by atoms with van der Waals surface area (Å²) >= 11 is 7.38. The first kappa shape index (κ1) is 23.7. The third-order valence-corrected chi connectivity index (χ3v) is 6.71. The number of benzene rings is 3. The van der Waals surface area contributed by atoms with Gasteiger partial charge in [-0.05, 0) is 42.5 Å². The number of halogens is 1. The molecule has 2 N–H and O–H groups in total. The van der Waals surface area contributed by atoms with Crippen LogP contribution in [0.25, 0.3) is 17.3 Å². The van der Waals surface area contributed by atoms with E-state index in [1.807, 2.05) is 54.6 Å². The van der Waals surface area contributed by atoms with Gasteiger partial charge in [0.1, 0.15) is 11.4 Å². The number of rotatable bonds is 7. The molecule has 5 rings (SSSR count). The van der Waals surface area contributed by atoms with Crippen LogP contribution < -0.4 is 10.1 Å². The number of methoxy groups -OCH3 is 1. The maximum atomic E-state index is 12.7. The molecule has 0 saturated carbocycles. The van der Waals surface area contributed by atoms with Gasteiger partial charge in [-0.2, -0.15) is 0 Å². The van der Waals surface area contributed by atoms with E-state index in [0.29, 0.717) is 27.3 Å². The number of ether oxygens (including phenoxy) is 1. The number of aliphatic imine (C=N–C) groups is 1. The zero-order valence-electron chi connectivity index (χ0n) is 19.2. The van der Waals surface area contributed by atoms with Gasteiger partial charge in [-0.25, -0.2) is 4.98 Å². The Morgan fingerprint density at radius 3 is 2.69 bits per heavy atom. The van der Waals surface area contributed by atoms with Crippen LogP contribution in [0.15, 0.2) is 82.9 Å². The molecule has 2 heterocycles. The molecule has 4 aromatic rings. The van der Waals surface area contributed by atoms with Crippen molar-refractivity contribution in [1.82, 2.24) is 9.55 Å². The van der Waals surface area contributed by atoms with Crippen molar-refractivity contribution in [2.45, 2.75) is 5.16 Å². The molecule has 0 fully saturated rings. The van der Waals surface area contributed by atoms with Crippen molar-refractivity contribution in [3.05, 3.63) is 89.1 Å². The standard InChI is InChI=1S/C27H21ClN4O3S/c1-35-24-12-11-18(14-21(24)28)30-25(33)16-36-27-31-23(26(34)32(27)19-7-3-2-4-8-19)13-17-15-29-22-10-6-5-9-20(17)22/h2-15,34H,16H2,1H3,(H,30,33)/b17-13+. The van der Waals surface area contributed by atoms with E-state index in [2.05, 4.69) is 15.3 Å². The van der Waals surface area contributed by atoms with E-state index in [1.165, 1.54) is 18.9 Å². The monoisotopic (exact) mass is 516 g/mol. The lowest BCUT2D eigenvalue weighted by Gasteiger charge is -2.10. The zero-order valence-corrected chi connectivity index (χ0v) is 20.8. The smallest absolute Gasteiger partial charge is 0.234 e. The maximum absolute atomic E-state index is 12.7. The molecule has 0 bridgehead atoms. The highest BCUT2D eigenvalue weighted by molar-refractivity contribution is 7.99. The molecule has 7 nitrogen and oxygen atoms in total. The van der Waals surface area contributed by atoms with E-state index in [9.17, 15) is 9.90 Å². The molecule has 0 saturated heterocycles. The minimum Gasteiger partial charge on any atom is -0.495 e. The average molecular weight is 517 g/mol. The van der Waals surface area contributed by atoms with E-state index < -0.39 is 0 Å². The molecule has 0 aliphatic carbocycles. The number of fused-ring (bicyclic) bond motifs is 1. The highest BCUT2D eigenvalue weighted by Crippen LogP contribution is 2.36. The Morgan fingerprint density at radius 1 is 1.14 bits per heavy atom. The van der Waals surface area contributed by atoms with E-state index in [0.717, 1.165) is 22.5 Å². The van der Waals surface area contributed by atoms with Crippen LogP contribution >= 0.6 is 23.4 Å². The number of aromatic hydroxyl groups is 1. The van der Waals surface area contributed by atoms with Gasteiger partial charge in [0.15, 0.2) is 5.16 Å². The first-order valence-electron chi connectivity index (χ1n) is 11.0. The maximum Gasteiger partial charge on any atom is 0.234 e. The third kappa shape index (κ3) is 4.86. The number of aromatic nitrogens is 2. The first-order valence-corrected chi connectivity index (χ1v) is 12.4. The number of imidazole rings is 1. The van der Waals surface area contributed by atoms with Gasteiger partial charge in [0.2, 0.25) is 11.8 Å². The van der Waals surface area contributed by atoms with Crippen LogP contribution in [0.4, 0.5) is 11.4 Å². The van der Waals surface area contributed by atoms with Crippen molar-refractivity contribution in [2.75, 3.05) is 18.2 Å². The lowest BCUT2D eigenvalue weighted by atomic mass is 10.1. The van der Waals surface area contributed by atoms with Gasteiger partial charge in [-0.15, -0.1) is 0 Å². The van der Waals surface area contributed by atoms with Crippen molar-refractivity contribution >= 4 is 58.5 Å². The summed E-state index contributed by atoms with van der Waals surface area (Å²) in [5.74, 6) is 0.352.